The van der Waals surface area contributed by atoms with Crippen molar-refractivity contribution in [1.29, 1.82) is 0 Å². The van der Waals surface area contributed by atoms with Gasteiger partial charge in [0.05, 0.1) is 18.6 Å². The molecule has 0 bridgehead atoms. The van der Waals surface area contributed by atoms with Gasteiger partial charge >= 0.3 is 0 Å². The van der Waals surface area contributed by atoms with Gasteiger partial charge in [-0.2, -0.15) is 4.98 Å². The second-order valence-electron chi connectivity index (χ2n) is 6.54. The number of tetrazole rings is 1. The Morgan fingerprint density at radius 1 is 1.27 bits per heavy atom. The number of aromatic nitrogens is 6. The molecule has 2 aromatic heterocycles. The molecule has 2 fully saturated rings. The lowest BCUT2D eigenvalue weighted by atomic mass is 10.2. The van der Waals surface area contributed by atoms with Crippen LogP contribution in [0, 0.1) is 0 Å². The van der Waals surface area contributed by atoms with E-state index < -0.39 is 0 Å². The molecule has 0 unspecified atom stereocenters. The summed E-state index contributed by atoms with van der Waals surface area (Å²) in [6.45, 7) is 5.90. The van der Waals surface area contributed by atoms with Gasteiger partial charge in [0.25, 0.3) is 0 Å². The predicted octanol–water partition coefficient (Wildman–Crippen LogP) is 1.85. The van der Waals surface area contributed by atoms with E-state index in [1.54, 1.807) is 0 Å². The van der Waals surface area contributed by atoms with Crippen LogP contribution in [0.25, 0.3) is 0 Å². The average Bonchev–Trinajstić information content (AvgIpc) is 2.95. The minimum absolute atomic E-state index is 0.209. The summed E-state index contributed by atoms with van der Waals surface area (Å²) >= 11 is 0. The molecule has 1 atom stereocenters. The lowest BCUT2D eigenvalue weighted by Gasteiger charge is -2.20. The number of nitrogens with zero attached hydrogens (tertiary/aromatic N) is 7. The van der Waals surface area contributed by atoms with Crippen LogP contribution in [0.1, 0.15) is 75.1 Å². The summed E-state index contributed by atoms with van der Waals surface area (Å²) in [5, 5.41) is 16.3. The maximum absolute atomic E-state index is 5.36. The fourth-order valence-electron chi connectivity index (χ4n) is 3.03. The van der Waals surface area contributed by atoms with Gasteiger partial charge in [-0.15, -0.1) is 5.10 Å². The summed E-state index contributed by atoms with van der Waals surface area (Å²) in [6.07, 6.45) is 4.57. The summed E-state index contributed by atoms with van der Waals surface area (Å²) < 4.78 is 7.34. The highest BCUT2D eigenvalue weighted by Crippen LogP contribution is 2.36. The van der Waals surface area contributed by atoms with Crippen LogP contribution in [-0.4, -0.2) is 41.8 Å². The van der Waals surface area contributed by atoms with Crippen molar-refractivity contribution in [1.82, 2.24) is 35.2 Å². The molecule has 0 amide bonds. The zero-order valence-electron chi connectivity index (χ0n) is 13.0. The fourth-order valence-corrected chi connectivity index (χ4v) is 3.03. The van der Waals surface area contributed by atoms with Gasteiger partial charge in [-0.25, -0.2) is 4.68 Å². The van der Waals surface area contributed by atoms with E-state index in [0.29, 0.717) is 11.9 Å². The molecule has 1 saturated heterocycles. The van der Waals surface area contributed by atoms with Crippen LogP contribution < -0.4 is 0 Å². The highest BCUT2D eigenvalue weighted by Gasteiger charge is 2.33. The van der Waals surface area contributed by atoms with Gasteiger partial charge < -0.3 is 4.52 Å². The summed E-state index contributed by atoms with van der Waals surface area (Å²) in [6, 6.07) is 0.712. The highest BCUT2D eigenvalue weighted by molar-refractivity contribution is 5.01. The Kier molecular flexibility index (Phi) is 3.40. The fraction of sp³-hybridized carbons (Fsp3) is 0.786. The van der Waals surface area contributed by atoms with E-state index in [-0.39, 0.29) is 12.0 Å². The largest absolute Gasteiger partial charge is 0.339 e. The summed E-state index contributed by atoms with van der Waals surface area (Å²) in [7, 11) is 0. The first-order valence-electron chi connectivity index (χ1n) is 8.06. The van der Waals surface area contributed by atoms with Crippen LogP contribution in [-0.2, 0) is 6.54 Å². The topological polar surface area (TPSA) is 85.8 Å². The maximum atomic E-state index is 5.36. The van der Waals surface area contributed by atoms with Crippen molar-refractivity contribution in [2.75, 3.05) is 6.54 Å². The lowest BCUT2D eigenvalue weighted by Crippen LogP contribution is -2.25. The molecular formula is C14H21N7O. The van der Waals surface area contributed by atoms with Crippen molar-refractivity contribution >= 4 is 0 Å². The van der Waals surface area contributed by atoms with E-state index in [1.807, 2.05) is 4.68 Å². The van der Waals surface area contributed by atoms with Crippen molar-refractivity contribution in [3.05, 3.63) is 17.5 Å². The molecule has 1 aliphatic heterocycles. The third-order valence-corrected chi connectivity index (χ3v) is 4.41. The molecule has 2 aromatic rings. The van der Waals surface area contributed by atoms with Gasteiger partial charge in [0.15, 0.2) is 11.6 Å². The first kappa shape index (κ1) is 13.8. The second-order valence-corrected chi connectivity index (χ2v) is 6.54. The Morgan fingerprint density at radius 3 is 2.86 bits per heavy atom. The number of hydrogen-bond acceptors (Lipinski definition) is 7. The molecule has 1 aliphatic carbocycles. The number of hydrogen-bond donors (Lipinski definition) is 0. The van der Waals surface area contributed by atoms with Gasteiger partial charge in [-0.3, -0.25) is 4.90 Å². The first-order valence-corrected chi connectivity index (χ1v) is 8.06. The molecule has 3 heterocycles. The molecule has 4 rings (SSSR count). The second kappa shape index (κ2) is 5.42. The number of rotatable bonds is 5. The zero-order valence-corrected chi connectivity index (χ0v) is 13.0. The average molecular weight is 303 g/mol. The van der Waals surface area contributed by atoms with Crippen molar-refractivity contribution in [2.24, 2.45) is 0 Å². The summed E-state index contributed by atoms with van der Waals surface area (Å²) in [5.74, 6) is 2.72. The smallest absolute Gasteiger partial charge is 0.229 e. The number of likely N-dealkylation sites (tertiary alicyclic amines) is 1. The van der Waals surface area contributed by atoms with Crippen LogP contribution >= 0.6 is 0 Å². The van der Waals surface area contributed by atoms with Crippen molar-refractivity contribution in [2.45, 2.75) is 64.1 Å². The van der Waals surface area contributed by atoms with Crippen LogP contribution in [0.4, 0.5) is 0 Å². The molecule has 0 spiro atoms. The van der Waals surface area contributed by atoms with Gasteiger partial charge in [-0.05, 0) is 42.7 Å². The van der Waals surface area contributed by atoms with E-state index in [4.69, 9.17) is 4.52 Å². The molecule has 1 saturated carbocycles. The minimum atomic E-state index is 0.209. The van der Waals surface area contributed by atoms with Crippen molar-refractivity contribution in [3.63, 3.8) is 0 Å². The van der Waals surface area contributed by atoms with Gasteiger partial charge in [0.1, 0.15) is 0 Å². The normalized spacial score (nSPS) is 22.8. The SMILES string of the molecule is CC(C)c1nc([C@H]2CCCN2Cc2nnnn2C2CC2)no1. The maximum Gasteiger partial charge on any atom is 0.229 e. The Balaban J connectivity index is 1.51. The van der Waals surface area contributed by atoms with Crippen LogP contribution in [0.3, 0.4) is 0 Å². The van der Waals surface area contributed by atoms with E-state index in [1.165, 1.54) is 12.8 Å². The standard InChI is InChI=1S/C14H21N7O/c1-9(2)14-15-13(17-22-14)11-4-3-7-20(11)8-12-16-18-19-21(12)10-5-6-10/h9-11H,3-8H2,1-2H3/t11-/m1/s1. The molecule has 8 heteroatoms. The summed E-state index contributed by atoms with van der Waals surface area (Å²) in [4.78, 5) is 6.92. The molecule has 2 aliphatic rings. The minimum Gasteiger partial charge on any atom is -0.339 e. The molecule has 0 aromatic carbocycles. The highest BCUT2D eigenvalue weighted by atomic mass is 16.5. The molecule has 0 N–H and O–H groups in total. The quantitative estimate of drug-likeness (QED) is 0.833. The van der Waals surface area contributed by atoms with Crippen molar-refractivity contribution in [3.8, 4) is 0 Å². The van der Waals surface area contributed by atoms with Gasteiger partial charge in [0.2, 0.25) is 5.89 Å². The molecular weight excluding hydrogens is 282 g/mol. The monoisotopic (exact) mass is 303 g/mol. The van der Waals surface area contributed by atoms with Crippen LogP contribution in [0.2, 0.25) is 0 Å². The Morgan fingerprint density at radius 2 is 2.14 bits per heavy atom. The van der Waals surface area contributed by atoms with E-state index in [9.17, 15) is 0 Å². The lowest BCUT2D eigenvalue weighted by molar-refractivity contribution is 0.224. The molecule has 8 nitrogen and oxygen atoms in total. The Hall–Kier alpha value is -1.83. The van der Waals surface area contributed by atoms with E-state index in [0.717, 1.165) is 37.6 Å². The first-order chi connectivity index (χ1) is 10.7. The van der Waals surface area contributed by atoms with Gasteiger partial charge in [0, 0.05) is 5.92 Å². The summed E-state index contributed by atoms with van der Waals surface area (Å²) in [5.41, 5.74) is 0. The van der Waals surface area contributed by atoms with E-state index >= 15 is 0 Å². The predicted molar refractivity (Wildman–Crippen MR) is 76.9 cm³/mol. The van der Waals surface area contributed by atoms with Crippen LogP contribution in [0.15, 0.2) is 4.52 Å². The Bertz CT molecular complexity index is 645. The molecule has 22 heavy (non-hydrogen) atoms. The van der Waals surface area contributed by atoms with Crippen LogP contribution in [0.5, 0.6) is 0 Å². The van der Waals surface area contributed by atoms with E-state index in [2.05, 4.69) is 44.4 Å². The zero-order chi connectivity index (χ0) is 15.1. The third-order valence-electron chi connectivity index (χ3n) is 4.41. The Labute approximate surface area is 128 Å². The third kappa shape index (κ3) is 2.51. The van der Waals surface area contributed by atoms with Gasteiger partial charge in [-0.1, -0.05) is 19.0 Å². The molecule has 0 radical (unpaired) electrons. The molecule has 118 valence electrons. The van der Waals surface area contributed by atoms with Crippen molar-refractivity contribution < 1.29 is 4.52 Å².